The van der Waals surface area contributed by atoms with Crippen molar-refractivity contribution in [3.05, 3.63) is 91.0 Å². The minimum absolute atomic E-state index is 1.06. The molecule has 0 amide bonds. The van der Waals surface area contributed by atoms with Crippen LogP contribution in [0.3, 0.4) is 0 Å². The number of anilines is 3. The summed E-state index contributed by atoms with van der Waals surface area (Å²) in [4.78, 5) is 0. The van der Waals surface area contributed by atoms with Crippen LogP contribution in [0, 0.1) is 0 Å². The summed E-state index contributed by atoms with van der Waals surface area (Å²) in [6.45, 7) is 0. The van der Waals surface area contributed by atoms with Gasteiger partial charge in [0.05, 0.1) is 17.1 Å². The number of halogens is 9. The van der Waals surface area contributed by atoms with Gasteiger partial charge >= 0.3 is 33.4 Å². The van der Waals surface area contributed by atoms with Gasteiger partial charge in [-0.05, 0) is 36.4 Å². The molecule has 0 aliphatic heterocycles. The zero-order valence-electron chi connectivity index (χ0n) is 18.2. The summed E-state index contributed by atoms with van der Waals surface area (Å²) in [5, 5.41) is -4.92. The fraction of sp³-hybridized carbons (Fsp3) is 0.182. The lowest BCUT2D eigenvalue weighted by Crippen LogP contribution is -2.63. The molecule has 0 saturated heterocycles. The van der Waals surface area contributed by atoms with E-state index in [-0.39, 0.29) is 0 Å². The Morgan fingerprint density at radius 3 is 1.27 bits per heavy atom. The van der Waals surface area contributed by atoms with Crippen molar-refractivity contribution in [3.8, 4) is 0 Å². The van der Waals surface area contributed by atoms with E-state index < -0.39 is 33.4 Å². The number of hydrogen-bond acceptors (Lipinski definition) is 4. The quantitative estimate of drug-likeness (QED) is 0.183. The molecule has 5 nitrogen and oxygen atoms in total. The van der Waals surface area contributed by atoms with Gasteiger partial charge in [-0.25, -0.2) is 0 Å². The average Bonchev–Trinajstić information content (AvgIpc) is 2.83. The maximum atomic E-state index is 12.2. The summed E-state index contributed by atoms with van der Waals surface area (Å²) in [5.74, 6) is -14.7. The molecule has 2 N–H and O–H groups in total. The molecule has 0 fully saturated rings. The summed E-state index contributed by atoms with van der Waals surface area (Å²) < 4.78 is 134. The second-order valence-corrected chi connectivity index (χ2v) is 8.59. The van der Waals surface area contributed by atoms with Crippen LogP contribution < -0.4 is 10.4 Å². The molecule has 37 heavy (non-hydrogen) atoms. The van der Waals surface area contributed by atoms with E-state index in [0.29, 0.717) is 0 Å². The molecule has 0 aromatic heterocycles. The van der Waals surface area contributed by atoms with Crippen LogP contribution >= 0.6 is 0 Å². The molecule has 0 spiro atoms. The molecule has 3 aromatic rings. The van der Waals surface area contributed by atoms with Gasteiger partial charge in [0, 0.05) is 0 Å². The number of para-hydroxylation sites is 3. The van der Waals surface area contributed by atoms with E-state index in [2.05, 4.69) is 46.8 Å². The highest BCUT2D eigenvalue weighted by atomic mass is 32.2. The molecule has 0 aliphatic carbocycles. The molecule has 3 aromatic carbocycles. The van der Waals surface area contributed by atoms with Crippen molar-refractivity contribution >= 4 is 27.2 Å². The first-order valence-corrected chi connectivity index (χ1v) is 11.3. The number of nitrogens with zero attached hydrogens (tertiary/aromatic N) is 1. The molecule has 0 atom stereocenters. The number of rotatable bonds is 7. The summed E-state index contributed by atoms with van der Waals surface area (Å²) in [5.41, 5.74) is 6.70. The molecule has 3 rings (SSSR count). The van der Waals surface area contributed by atoms with E-state index in [4.69, 9.17) is 4.55 Å². The van der Waals surface area contributed by atoms with Gasteiger partial charge in [0.25, 0.3) is 0 Å². The second kappa shape index (κ2) is 10.9. The van der Waals surface area contributed by atoms with E-state index >= 15 is 0 Å². The van der Waals surface area contributed by atoms with Gasteiger partial charge in [-0.2, -0.15) is 47.9 Å². The van der Waals surface area contributed by atoms with Gasteiger partial charge in [0.15, 0.2) is 0 Å². The number of benzene rings is 3. The van der Waals surface area contributed by atoms with Crippen LogP contribution in [0.25, 0.3) is 0 Å². The van der Waals surface area contributed by atoms with Crippen molar-refractivity contribution in [2.24, 2.45) is 0 Å². The predicted octanol–water partition coefficient (Wildman–Crippen LogP) is 7.15. The minimum Gasteiger partial charge on any atom is -0.294 e. The first kappa shape index (κ1) is 29.8. The fourth-order valence-electron chi connectivity index (χ4n) is 2.60. The molecule has 0 bridgehead atoms. The Morgan fingerprint density at radius 1 is 0.595 bits per heavy atom. The number of hydrazine groups is 1. The maximum Gasteiger partial charge on any atom is 0.460 e. The van der Waals surface area contributed by atoms with E-state index in [9.17, 15) is 47.9 Å². The van der Waals surface area contributed by atoms with Gasteiger partial charge < -0.3 is 0 Å². The smallest absolute Gasteiger partial charge is 0.294 e. The van der Waals surface area contributed by atoms with Gasteiger partial charge in [-0.1, -0.05) is 54.6 Å². The SMILES string of the molecule is O=S(=O)(O)C(F)(F)C(F)(F)C(F)(F)C(F)(F)F.c1ccc(NN(c2ccccc2)c2ccccc2)cc1. The summed E-state index contributed by atoms with van der Waals surface area (Å²) in [7, 11) is -7.17. The molecule has 0 unspecified atom stereocenters. The second-order valence-electron chi connectivity index (χ2n) is 7.12. The molecular weight excluding hydrogens is 543 g/mol. The third-order valence-electron chi connectivity index (χ3n) is 4.48. The third kappa shape index (κ3) is 6.46. The topological polar surface area (TPSA) is 69.6 Å². The Morgan fingerprint density at radius 2 is 0.946 bits per heavy atom. The fourth-order valence-corrected chi connectivity index (χ4v) is 3.05. The minimum atomic E-state index is -7.37. The molecule has 0 heterocycles. The lowest BCUT2D eigenvalue weighted by Gasteiger charge is -2.31. The third-order valence-corrected chi connectivity index (χ3v) is 5.39. The van der Waals surface area contributed by atoms with E-state index in [1.54, 1.807) is 0 Å². The highest BCUT2D eigenvalue weighted by Crippen LogP contribution is 2.54. The zero-order valence-corrected chi connectivity index (χ0v) is 19.0. The van der Waals surface area contributed by atoms with Crippen LogP contribution in [-0.4, -0.2) is 36.2 Å². The number of alkyl halides is 9. The monoisotopic (exact) mass is 560 g/mol. The summed E-state index contributed by atoms with van der Waals surface area (Å²) in [6.07, 6.45) is -7.13. The molecule has 0 aliphatic rings. The Labute approximate surface area is 204 Å². The van der Waals surface area contributed by atoms with E-state index in [1.807, 2.05) is 54.6 Å². The van der Waals surface area contributed by atoms with Crippen molar-refractivity contribution < 1.29 is 52.5 Å². The summed E-state index contributed by atoms with van der Waals surface area (Å²) >= 11 is 0. The Hall–Kier alpha value is -3.46. The van der Waals surface area contributed by atoms with Gasteiger partial charge in [0.1, 0.15) is 0 Å². The van der Waals surface area contributed by atoms with Gasteiger partial charge in [0.2, 0.25) is 0 Å². The predicted molar refractivity (Wildman–Crippen MR) is 118 cm³/mol. The van der Waals surface area contributed by atoms with Crippen molar-refractivity contribution in [2.45, 2.75) is 23.3 Å². The lowest BCUT2D eigenvalue weighted by atomic mass is 10.1. The average molecular weight is 560 g/mol. The van der Waals surface area contributed by atoms with E-state index in [0.717, 1.165) is 17.1 Å². The molecule has 0 radical (unpaired) electrons. The largest absolute Gasteiger partial charge is 0.460 e. The van der Waals surface area contributed by atoms with Crippen LogP contribution in [-0.2, 0) is 10.1 Å². The lowest BCUT2D eigenvalue weighted by molar-refractivity contribution is -0.382. The van der Waals surface area contributed by atoms with Crippen LogP contribution in [0.2, 0.25) is 0 Å². The first-order valence-electron chi connectivity index (χ1n) is 9.82. The van der Waals surface area contributed by atoms with Gasteiger partial charge in [-0.3, -0.25) is 15.0 Å². The molecule has 0 saturated carbocycles. The van der Waals surface area contributed by atoms with Crippen LogP contribution in [0.15, 0.2) is 91.0 Å². The van der Waals surface area contributed by atoms with Crippen LogP contribution in [0.1, 0.15) is 0 Å². The zero-order chi connectivity index (χ0) is 28.1. The molecule has 15 heteroatoms. The van der Waals surface area contributed by atoms with Crippen LogP contribution in [0.5, 0.6) is 0 Å². The Kier molecular flexibility index (Phi) is 8.76. The van der Waals surface area contributed by atoms with Crippen molar-refractivity contribution in [2.75, 3.05) is 10.4 Å². The summed E-state index contributed by atoms with van der Waals surface area (Å²) in [6, 6.07) is 30.7. The maximum absolute atomic E-state index is 12.2. The van der Waals surface area contributed by atoms with E-state index in [1.165, 1.54) is 0 Å². The van der Waals surface area contributed by atoms with Crippen molar-refractivity contribution in [1.82, 2.24) is 0 Å². The first-order chi connectivity index (χ1) is 16.9. The number of nitrogens with one attached hydrogen (secondary N) is 1. The highest BCUT2D eigenvalue weighted by Gasteiger charge is 2.85. The molecular formula is C22H17F9N2O3S. The molecule has 202 valence electrons. The number of hydrogen-bond donors (Lipinski definition) is 2. The Balaban J connectivity index is 0.000000265. The standard InChI is InChI=1S/C18H16N2.C4HF9O3S/c1-4-10-16(11-5-1)19-20(17-12-6-2-7-13-17)18-14-8-3-9-15-18;5-1(6,3(9,10)11)2(7,8)4(12,13)17(14,15)16/h1-15,19H;(H,14,15,16). The normalized spacial score (nSPS) is 12.8. The van der Waals surface area contributed by atoms with Crippen LogP contribution in [0.4, 0.5) is 56.6 Å². The van der Waals surface area contributed by atoms with Gasteiger partial charge in [-0.15, -0.1) is 0 Å². The Bertz CT molecular complexity index is 1200. The highest BCUT2D eigenvalue weighted by molar-refractivity contribution is 7.87. The van der Waals surface area contributed by atoms with Crippen molar-refractivity contribution in [3.63, 3.8) is 0 Å². The van der Waals surface area contributed by atoms with Crippen molar-refractivity contribution in [1.29, 1.82) is 0 Å².